The highest BCUT2D eigenvalue weighted by molar-refractivity contribution is 6.21. The van der Waals surface area contributed by atoms with Crippen LogP contribution < -0.4 is 5.32 Å². The number of unbranched alkanes of at least 4 members (excludes halogenated alkanes) is 1. The monoisotopic (exact) mass is 596 g/mol. The third-order valence-corrected chi connectivity index (χ3v) is 7.80. The highest BCUT2D eigenvalue weighted by Crippen LogP contribution is 2.35. The number of benzene rings is 3. The standard InChI is InChI=1S/C36H40N2O6/c1-3-5-14-21-37-34-31(38-35(39)28-19-12-13-20-29(28)36(38)40)33(43-24-27-17-10-7-11-18-27)32(42-22-4-2)30(44-34)25-41-23-26-15-8-6-9-16-26/h3-4,6-13,15-20,30-34,37H,1-2,5,14,21-25H2/t30-,31-,32-,33-,34-/m1/s1. The van der Waals surface area contributed by atoms with Crippen molar-refractivity contribution in [1.82, 2.24) is 10.2 Å². The summed E-state index contributed by atoms with van der Waals surface area (Å²) in [6.45, 7) is 9.31. The number of imide groups is 1. The van der Waals surface area contributed by atoms with Crippen molar-refractivity contribution >= 4 is 11.8 Å². The van der Waals surface area contributed by atoms with Crippen molar-refractivity contribution in [3.05, 3.63) is 132 Å². The number of carbonyl (C=O) groups excluding carboxylic acids is 2. The Morgan fingerprint density at radius 2 is 1.39 bits per heavy atom. The molecule has 0 aliphatic carbocycles. The zero-order chi connectivity index (χ0) is 30.7. The summed E-state index contributed by atoms with van der Waals surface area (Å²) in [6, 6.07) is 25.7. The van der Waals surface area contributed by atoms with Crippen LogP contribution in [0.2, 0.25) is 0 Å². The maximum atomic E-state index is 13.9. The molecule has 0 unspecified atom stereocenters. The minimum atomic E-state index is -0.824. The van der Waals surface area contributed by atoms with E-state index in [4.69, 9.17) is 18.9 Å². The van der Waals surface area contributed by atoms with Crippen LogP contribution in [0.3, 0.4) is 0 Å². The molecule has 5 rings (SSSR count). The van der Waals surface area contributed by atoms with Crippen LogP contribution in [0.1, 0.15) is 44.7 Å². The van der Waals surface area contributed by atoms with E-state index in [9.17, 15) is 9.59 Å². The molecule has 44 heavy (non-hydrogen) atoms. The lowest BCUT2D eigenvalue weighted by molar-refractivity contribution is -0.241. The first-order valence-corrected chi connectivity index (χ1v) is 15.1. The Morgan fingerprint density at radius 3 is 2.00 bits per heavy atom. The largest absolute Gasteiger partial charge is 0.374 e. The van der Waals surface area contributed by atoms with E-state index in [0.29, 0.717) is 24.3 Å². The third-order valence-electron chi connectivity index (χ3n) is 7.80. The number of amides is 2. The number of nitrogens with one attached hydrogen (secondary N) is 1. The molecule has 3 aromatic rings. The molecule has 2 amide bonds. The third kappa shape index (κ3) is 7.41. The fourth-order valence-corrected chi connectivity index (χ4v) is 5.69. The normalized spacial score (nSPS) is 23.0. The van der Waals surface area contributed by atoms with Crippen molar-refractivity contribution < 1.29 is 28.5 Å². The van der Waals surface area contributed by atoms with Crippen LogP contribution in [0.4, 0.5) is 0 Å². The summed E-state index contributed by atoms with van der Waals surface area (Å²) in [7, 11) is 0. The van der Waals surface area contributed by atoms with Crippen LogP contribution in [0.15, 0.2) is 110 Å². The molecule has 0 spiro atoms. The molecule has 8 heteroatoms. The van der Waals surface area contributed by atoms with Crippen LogP contribution in [-0.2, 0) is 32.2 Å². The molecule has 0 radical (unpaired) electrons. The Morgan fingerprint density at radius 1 is 0.773 bits per heavy atom. The summed E-state index contributed by atoms with van der Waals surface area (Å²) in [4.78, 5) is 29.0. The highest BCUT2D eigenvalue weighted by Gasteiger charge is 2.54. The first kappa shape index (κ1) is 31.5. The number of ether oxygens (including phenoxy) is 4. The van der Waals surface area contributed by atoms with Gasteiger partial charge in [-0.1, -0.05) is 84.9 Å². The van der Waals surface area contributed by atoms with Crippen LogP contribution in [0.5, 0.6) is 0 Å². The lowest BCUT2D eigenvalue weighted by atomic mass is 9.93. The number of nitrogens with zero attached hydrogens (tertiary/aromatic N) is 1. The zero-order valence-electron chi connectivity index (χ0n) is 24.9. The first-order valence-electron chi connectivity index (χ1n) is 15.1. The van der Waals surface area contributed by atoms with Crippen molar-refractivity contribution in [3.8, 4) is 0 Å². The predicted octanol–water partition coefficient (Wildman–Crippen LogP) is 5.31. The Bertz CT molecular complexity index is 1360. The minimum Gasteiger partial charge on any atom is -0.374 e. The van der Waals surface area contributed by atoms with E-state index in [2.05, 4.69) is 18.5 Å². The van der Waals surface area contributed by atoms with Gasteiger partial charge >= 0.3 is 0 Å². The minimum absolute atomic E-state index is 0.210. The molecule has 1 N–H and O–H groups in total. The number of allylic oxidation sites excluding steroid dienone is 1. The fraction of sp³-hybridized carbons (Fsp3) is 0.333. The molecule has 3 aromatic carbocycles. The van der Waals surface area contributed by atoms with Gasteiger partial charge in [0, 0.05) is 0 Å². The molecule has 8 nitrogen and oxygen atoms in total. The van der Waals surface area contributed by atoms with Gasteiger partial charge in [0.05, 0.1) is 37.6 Å². The Balaban J connectivity index is 1.49. The van der Waals surface area contributed by atoms with Gasteiger partial charge in [0.1, 0.15) is 30.6 Å². The van der Waals surface area contributed by atoms with Gasteiger partial charge in [0.2, 0.25) is 0 Å². The van der Waals surface area contributed by atoms with Gasteiger partial charge in [-0.25, -0.2) is 0 Å². The second kappa shape index (κ2) is 15.7. The van der Waals surface area contributed by atoms with Gasteiger partial charge < -0.3 is 18.9 Å². The number of fused-ring (bicyclic) bond motifs is 1. The van der Waals surface area contributed by atoms with Gasteiger partial charge in [0.15, 0.2) is 0 Å². The molecule has 230 valence electrons. The molecule has 1 saturated heterocycles. The van der Waals surface area contributed by atoms with Crippen molar-refractivity contribution in [3.63, 3.8) is 0 Å². The number of rotatable bonds is 16. The lowest BCUT2D eigenvalue weighted by Crippen LogP contribution is -2.69. The number of carbonyl (C=O) groups is 2. The SMILES string of the molecule is C=CCCCN[C@@H]1O[C@H](COCc2ccccc2)[C@@H](OCC=C)[C@H](OCc2ccccc2)[C@H]1N1C(=O)c2ccccc2C1=O. The summed E-state index contributed by atoms with van der Waals surface area (Å²) < 4.78 is 25.8. The van der Waals surface area contributed by atoms with E-state index < -0.39 is 30.6 Å². The molecule has 0 bridgehead atoms. The second-order valence-corrected chi connectivity index (χ2v) is 10.8. The molecular weight excluding hydrogens is 556 g/mol. The highest BCUT2D eigenvalue weighted by atomic mass is 16.6. The lowest BCUT2D eigenvalue weighted by Gasteiger charge is -2.48. The van der Waals surface area contributed by atoms with Gasteiger partial charge in [-0.3, -0.25) is 19.8 Å². The average molecular weight is 597 g/mol. The quantitative estimate of drug-likeness (QED) is 0.136. The maximum absolute atomic E-state index is 13.9. The smallest absolute Gasteiger partial charge is 0.262 e. The van der Waals surface area contributed by atoms with Gasteiger partial charge in [-0.2, -0.15) is 0 Å². The second-order valence-electron chi connectivity index (χ2n) is 10.8. The van der Waals surface area contributed by atoms with Crippen LogP contribution >= 0.6 is 0 Å². The topological polar surface area (TPSA) is 86.3 Å². The van der Waals surface area contributed by atoms with Gasteiger partial charge in [-0.15, -0.1) is 13.2 Å². The number of hydrogen-bond donors (Lipinski definition) is 1. The van der Waals surface area contributed by atoms with Crippen molar-refractivity contribution in [2.45, 2.75) is 56.6 Å². The molecule has 2 aliphatic rings. The summed E-state index contributed by atoms with van der Waals surface area (Å²) in [5.41, 5.74) is 2.71. The molecule has 5 atom stereocenters. The van der Waals surface area contributed by atoms with Gasteiger partial charge in [0.25, 0.3) is 11.8 Å². The van der Waals surface area contributed by atoms with Crippen molar-refractivity contribution in [1.29, 1.82) is 0 Å². The van der Waals surface area contributed by atoms with Crippen molar-refractivity contribution in [2.24, 2.45) is 0 Å². The zero-order valence-corrected chi connectivity index (χ0v) is 24.9. The summed E-state index contributed by atoms with van der Waals surface area (Å²) in [5, 5.41) is 3.47. The predicted molar refractivity (Wildman–Crippen MR) is 168 cm³/mol. The maximum Gasteiger partial charge on any atom is 0.262 e. The Kier molecular flexibility index (Phi) is 11.2. The molecular formula is C36H40N2O6. The number of hydrogen-bond acceptors (Lipinski definition) is 7. The summed E-state index contributed by atoms with van der Waals surface area (Å²) in [6.07, 6.45) is 2.41. The molecule has 0 saturated carbocycles. The average Bonchev–Trinajstić information content (AvgIpc) is 3.31. The summed E-state index contributed by atoms with van der Waals surface area (Å²) >= 11 is 0. The molecule has 2 heterocycles. The van der Waals surface area contributed by atoms with E-state index in [1.54, 1.807) is 30.3 Å². The molecule has 0 aromatic heterocycles. The van der Waals surface area contributed by atoms with E-state index in [1.165, 1.54) is 4.90 Å². The summed E-state index contributed by atoms with van der Waals surface area (Å²) in [5.74, 6) is -0.765. The van der Waals surface area contributed by atoms with Crippen LogP contribution in [-0.4, -0.2) is 67.1 Å². The van der Waals surface area contributed by atoms with E-state index in [-0.39, 0.29) is 31.6 Å². The van der Waals surface area contributed by atoms with Crippen LogP contribution in [0, 0.1) is 0 Å². The van der Waals surface area contributed by atoms with Crippen molar-refractivity contribution in [2.75, 3.05) is 19.8 Å². The molecule has 2 aliphatic heterocycles. The fourth-order valence-electron chi connectivity index (χ4n) is 5.69. The first-order chi connectivity index (χ1) is 21.6. The molecule has 1 fully saturated rings. The Labute approximate surface area is 259 Å². The van der Waals surface area contributed by atoms with Gasteiger partial charge in [-0.05, 0) is 42.6 Å². The Hall–Kier alpha value is -3.92. The van der Waals surface area contributed by atoms with E-state index in [1.807, 2.05) is 66.7 Å². The van der Waals surface area contributed by atoms with Crippen LogP contribution in [0.25, 0.3) is 0 Å². The van der Waals surface area contributed by atoms with E-state index in [0.717, 1.165) is 24.0 Å². The van der Waals surface area contributed by atoms with E-state index >= 15 is 0 Å².